The minimum absolute atomic E-state index is 0.0147. The van der Waals surface area contributed by atoms with E-state index in [1.165, 1.54) is 6.42 Å². The molecule has 1 aliphatic rings. The zero-order chi connectivity index (χ0) is 13.2. The van der Waals surface area contributed by atoms with Crippen LogP contribution < -0.4 is 5.32 Å². The van der Waals surface area contributed by atoms with Crippen molar-refractivity contribution in [1.82, 2.24) is 10.2 Å². The van der Waals surface area contributed by atoms with E-state index >= 15 is 0 Å². The van der Waals surface area contributed by atoms with Crippen LogP contribution in [0.3, 0.4) is 0 Å². The molecule has 1 saturated heterocycles. The first-order valence-corrected chi connectivity index (χ1v) is 6.82. The Kier molecular flexibility index (Phi) is 4.59. The molecule has 0 aliphatic carbocycles. The van der Waals surface area contributed by atoms with Crippen LogP contribution in [0.1, 0.15) is 53.9 Å². The Labute approximate surface area is 106 Å². The standard InChI is InChI=1S/C14H28N2O/c1-10(2)13(17)16-11(3)8-7-9-12(16)14(4,5)15-6/h10-12,15H,7-9H2,1-6H3. The summed E-state index contributed by atoms with van der Waals surface area (Å²) in [5.41, 5.74) is -0.0147. The van der Waals surface area contributed by atoms with E-state index in [2.05, 4.69) is 31.0 Å². The number of carbonyl (C=O) groups excluding carboxylic acids is 1. The molecule has 100 valence electrons. The van der Waals surface area contributed by atoms with Gasteiger partial charge in [-0.15, -0.1) is 0 Å². The van der Waals surface area contributed by atoms with E-state index in [1.807, 2.05) is 20.9 Å². The predicted octanol–water partition coefficient (Wildman–Crippen LogP) is 2.41. The minimum atomic E-state index is -0.0147. The fraction of sp³-hybridized carbons (Fsp3) is 0.929. The Hall–Kier alpha value is -0.570. The van der Waals surface area contributed by atoms with Crippen LogP contribution in [0.15, 0.2) is 0 Å². The summed E-state index contributed by atoms with van der Waals surface area (Å²) >= 11 is 0. The maximum absolute atomic E-state index is 12.4. The maximum Gasteiger partial charge on any atom is 0.225 e. The minimum Gasteiger partial charge on any atom is -0.335 e. The first kappa shape index (κ1) is 14.5. The van der Waals surface area contributed by atoms with Crippen molar-refractivity contribution in [1.29, 1.82) is 0 Å². The van der Waals surface area contributed by atoms with Gasteiger partial charge in [0.15, 0.2) is 0 Å². The van der Waals surface area contributed by atoms with Crippen molar-refractivity contribution in [2.45, 2.75) is 71.5 Å². The van der Waals surface area contributed by atoms with Crippen LogP contribution in [0.5, 0.6) is 0 Å². The van der Waals surface area contributed by atoms with Crippen LogP contribution >= 0.6 is 0 Å². The SMILES string of the molecule is CNC(C)(C)C1CCCC(C)N1C(=O)C(C)C. The molecular formula is C14H28N2O. The van der Waals surface area contributed by atoms with Gasteiger partial charge in [-0.2, -0.15) is 0 Å². The average Bonchev–Trinajstić information content (AvgIpc) is 2.27. The number of carbonyl (C=O) groups is 1. The maximum atomic E-state index is 12.4. The molecule has 0 saturated carbocycles. The molecule has 2 unspecified atom stereocenters. The molecular weight excluding hydrogens is 212 g/mol. The van der Waals surface area contributed by atoms with E-state index in [0.717, 1.165) is 12.8 Å². The van der Waals surface area contributed by atoms with Gasteiger partial charge < -0.3 is 10.2 Å². The quantitative estimate of drug-likeness (QED) is 0.821. The molecule has 17 heavy (non-hydrogen) atoms. The molecule has 0 radical (unpaired) electrons. The van der Waals surface area contributed by atoms with Crippen molar-refractivity contribution in [2.24, 2.45) is 5.92 Å². The van der Waals surface area contributed by atoms with Gasteiger partial charge in [0.2, 0.25) is 5.91 Å². The lowest BCUT2D eigenvalue weighted by atomic mass is 9.83. The molecule has 2 atom stereocenters. The molecule has 1 rings (SSSR count). The Morgan fingerprint density at radius 2 is 1.94 bits per heavy atom. The van der Waals surface area contributed by atoms with Gasteiger partial charge in [-0.1, -0.05) is 13.8 Å². The molecule has 1 amide bonds. The Bertz CT molecular complexity index is 273. The van der Waals surface area contributed by atoms with Gasteiger partial charge in [-0.05, 0) is 47.1 Å². The molecule has 1 heterocycles. The lowest BCUT2D eigenvalue weighted by Gasteiger charge is -2.48. The molecule has 0 aromatic rings. The van der Waals surface area contributed by atoms with Crippen molar-refractivity contribution in [3.05, 3.63) is 0 Å². The number of piperidine rings is 1. The Morgan fingerprint density at radius 1 is 1.35 bits per heavy atom. The number of likely N-dealkylation sites (tertiary alicyclic amines) is 1. The molecule has 3 nitrogen and oxygen atoms in total. The molecule has 1 fully saturated rings. The zero-order valence-corrected chi connectivity index (χ0v) is 12.2. The second kappa shape index (κ2) is 5.38. The number of hydrogen-bond acceptors (Lipinski definition) is 2. The van der Waals surface area contributed by atoms with Gasteiger partial charge in [0.05, 0.1) is 0 Å². The first-order valence-electron chi connectivity index (χ1n) is 6.82. The molecule has 0 bridgehead atoms. The van der Waals surface area contributed by atoms with Gasteiger partial charge in [-0.3, -0.25) is 4.79 Å². The van der Waals surface area contributed by atoms with Crippen LogP contribution in [0, 0.1) is 5.92 Å². The highest BCUT2D eigenvalue weighted by atomic mass is 16.2. The summed E-state index contributed by atoms with van der Waals surface area (Å²) in [6.45, 7) is 10.5. The zero-order valence-electron chi connectivity index (χ0n) is 12.2. The van der Waals surface area contributed by atoms with Crippen molar-refractivity contribution in [2.75, 3.05) is 7.05 Å². The number of hydrogen-bond donors (Lipinski definition) is 1. The van der Waals surface area contributed by atoms with E-state index < -0.39 is 0 Å². The molecule has 0 aromatic heterocycles. The van der Waals surface area contributed by atoms with E-state index in [0.29, 0.717) is 18.0 Å². The van der Waals surface area contributed by atoms with Gasteiger partial charge in [-0.25, -0.2) is 0 Å². The topological polar surface area (TPSA) is 32.3 Å². The van der Waals surface area contributed by atoms with Crippen LogP contribution in [0.2, 0.25) is 0 Å². The number of nitrogens with zero attached hydrogens (tertiary/aromatic N) is 1. The first-order chi connectivity index (χ1) is 7.81. The molecule has 0 aromatic carbocycles. The third kappa shape index (κ3) is 3.01. The highest BCUT2D eigenvalue weighted by Crippen LogP contribution is 2.30. The normalized spacial score (nSPS) is 26.4. The number of nitrogens with one attached hydrogen (secondary N) is 1. The smallest absolute Gasteiger partial charge is 0.225 e. The summed E-state index contributed by atoms with van der Waals surface area (Å²) < 4.78 is 0. The lowest BCUT2D eigenvalue weighted by molar-refractivity contribution is -0.143. The van der Waals surface area contributed by atoms with Crippen molar-refractivity contribution >= 4 is 5.91 Å². The third-order valence-electron chi connectivity index (χ3n) is 4.14. The second-order valence-corrected chi connectivity index (χ2v) is 6.17. The van der Waals surface area contributed by atoms with Gasteiger partial charge in [0, 0.05) is 23.5 Å². The second-order valence-electron chi connectivity index (χ2n) is 6.17. The van der Waals surface area contributed by atoms with Crippen LogP contribution in [-0.4, -0.2) is 35.5 Å². The summed E-state index contributed by atoms with van der Waals surface area (Å²) in [7, 11) is 1.98. The number of likely N-dealkylation sites (N-methyl/N-ethyl adjacent to an activating group) is 1. The van der Waals surface area contributed by atoms with Crippen molar-refractivity contribution < 1.29 is 4.79 Å². The van der Waals surface area contributed by atoms with Crippen LogP contribution in [0.4, 0.5) is 0 Å². The average molecular weight is 240 g/mol. The Morgan fingerprint density at radius 3 is 2.41 bits per heavy atom. The Balaban J connectivity index is 2.96. The molecule has 1 N–H and O–H groups in total. The predicted molar refractivity (Wildman–Crippen MR) is 71.9 cm³/mol. The lowest BCUT2D eigenvalue weighted by Crippen LogP contribution is -2.62. The molecule has 0 spiro atoms. The highest BCUT2D eigenvalue weighted by Gasteiger charge is 2.40. The monoisotopic (exact) mass is 240 g/mol. The number of amides is 1. The fourth-order valence-electron chi connectivity index (χ4n) is 2.74. The van der Waals surface area contributed by atoms with Crippen LogP contribution in [-0.2, 0) is 4.79 Å². The molecule has 3 heteroatoms. The summed E-state index contributed by atoms with van der Waals surface area (Å²) in [6, 6.07) is 0.683. The summed E-state index contributed by atoms with van der Waals surface area (Å²) in [4.78, 5) is 14.5. The van der Waals surface area contributed by atoms with Crippen molar-refractivity contribution in [3.8, 4) is 0 Å². The number of rotatable bonds is 3. The van der Waals surface area contributed by atoms with Crippen LogP contribution in [0.25, 0.3) is 0 Å². The van der Waals surface area contributed by atoms with Gasteiger partial charge in [0.1, 0.15) is 0 Å². The van der Waals surface area contributed by atoms with E-state index in [9.17, 15) is 4.79 Å². The van der Waals surface area contributed by atoms with Gasteiger partial charge in [0.25, 0.3) is 0 Å². The van der Waals surface area contributed by atoms with E-state index in [4.69, 9.17) is 0 Å². The molecule has 1 aliphatic heterocycles. The van der Waals surface area contributed by atoms with E-state index in [-0.39, 0.29) is 11.5 Å². The van der Waals surface area contributed by atoms with E-state index in [1.54, 1.807) is 0 Å². The summed E-state index contributed by atoms with van der Waals surface area (Å²) in [5.74, 6) is 0.385. The largest absolute Gasteiger partial charge is 0.335 e. The van der Waals surface area contributed by atoms with Crippen molar-refractivity contribution in [3.63, 3.8) is 0 Å². The summed E-state index contributed by atoms with van der Waals surface area (Å²) in [5, 5.41) is 3.36. The summed E-state index contributed by atoms with van der Waals surface area (Å²) in [6.07, 6.45) is 3.46. The van der Waals surface area contributed by atoms with Gasteiger partial charge >= 0.3 is 0 Å². The highest BCUT2D eigenvalue weighted by molar-refractivity contribution is 5.79. The fourth-order valence-corrected chi connectivity index (χ4v) is 2.74. The third-order valence-corrected chi connectivity index (χ3v) is 4.14.